The zero-order valence-corrected chi connectivity index (χ0v) is 15.4. The number of allylic oxidation sites excluding steroid dienone is 1. The van der Waals surface area contributed by atoms with Gasteiger partial charge in [0.15, 0.2) is 0 Å². The van der Waals surface area contributed by atoms with Crippen molar-refractivity contribution in [1.29, 1.82) is 0 Å². The summed E-state index contributed by atoms with van der Waals surface area (Å²) < 4.78 is 0. The van der Waals surface area contributed by atoms with Crippen LogP contribution in [0.5, 0.6) is 0 Å². The van der Waals surface area contributed by atoms with E-state index >= 15 is 0 Å². The van der Waals surface area contributed by atoms with Crippen molar-refractivity contribution >= 4 is 30.4 Å². The molecule has 0 fully saturated rings. The number of hydrogen-bond acceptors (Lipinski definition) is 0. The minimum Gasteiger partial charge on any atom is -0.0871 e. The van der Waals surface area contributed by atoms with Gasteiger partial charge < -0.3 is 0 Å². The van der Waals surface area contributed by atoms with Crippen molar-refractivity contribution in [3.8, 4) is 0 Å². The Bertz CT molecular complexity index is 903. The molecule has 0 aliphatic rings. The molecular weight excluding hydrogens is 312 g/mol. The van der Waals surface area contributed by atoms with Gasteiger partial charge in [-0.2, -0.15) is 0 Å². The molecule has 3 aromatic carbocycles. The standard InChI is InChI=1S/C26H24/c1-3-4-22-9-11-24(12-10-22)15-16-26-19-17-25(18-20-26)14-13-23-7-5-21(2)6-8-23/h3-20H,1-2H3/b4-3+,14-13+,16-15+. The lowest BCUT2D eigenvalue weighted by molar-refractivity contribution is 1.46. The van der Waals surface area contributed by atoms with Crippen LogP contribution >= 0.6 is 0 Å². The summed E-state index contributed by atoms with van der Waals surface area (Å²) in [5, 5.41) is 0. The van der Waals surface area contributed by atoms with Crippen molar-refractivity contribution in [3.63, 3.8) is 0 Å². The number of hydrogen-bond donors (Lipinski definition) is 0. The predicted octanol–water partition coefficient (Wildman–Crippen LogP) is 7.37. The molecule has 0 saturated carbocycles. The first-order valence-electron chi connectivity index (χ1n) is 8.98. The second kappa shape index (κ2) is 8.82. The van der Waals surface area contributed by atoms with E-state index in [0.29, 0.717) is 0 Å². The molecule has 0 heteroatoms. The van der Waals surface area contributed by atoms with Gasteiger partial charge in [-0.15, -0.1) is 0 Å². The van der Waals surface area contributed by atoms with Gasteiger partial charge in [-0.05, 0) is 41.7 Å². The van der Waals surface area contributed by atoms with Crippen molar-refractivity contribution in [2.24, 2.45) is 0 Å². The van der Waals surface area contributed by atoms with E-state index in [1.54, 1.807) is 0 Å². The predicted molar refractivity (Wildman–Crippen MR) is 117 cm³/mol. The maximum atomic E-state index is 2.15. The molecule has 3 rings (SSSR count). The molecule has 0 saturated heterocycles. The molecule has 3 aromatic rings. The SMILES string of the molecule is C/C=C/c1ccc(/C=C/c2ccc(/C=C/c3ccc(C)cc3)cc2)cc1. The fourth-order valence-electron chi connectivity index (χ4n) is 2.69. The van der Waals surface area contributed by atoms with E-state index in [-0.39, 0.29) is 0 Å². The second-order valence-electron chi connectivity index (χ2n) is 6.41. The Morgan fingerprint density at radius 2 is 0.692 bits per heavy atom. The van der Waals surface area contributed by atoms with Gasteiger partial charge in [0.1, 0.15) is 0 Å². The molecular formula is C26H24. The number of aryl methyl sites for hydroxylation is 1. The van der Waals surface area contributed by atoms with Crippen LogP contribution in [0.4, 0.5) is 0 Å². The first-order valence-corrected chi connectivity index (χ1v) is 8.98. The second-order valence-corrected chi connectivity index (χ2v) is 6.41. The summed E-state index contributed by atoms with van der Waals surface area (Å²) in [4.78, 5) is 0. The van der Waals surface area contributed by atoms with Crippen molar-refractivity contribution in [1.82, 2.24) is 0 Å². The molecule has 0 heterocycles. The Kier molecular flexibility index (Phi) is 6.01. The van der Waals surface area contributed by atoms with Gasteiger partial charge in [-0.3, -0.25) is 0 Å². The third-order valence-electron chi connectivity index (χ3n) is 4.25. The summed E-state index contributed by atoms with van der Waals surface area (Å²) in [6.45, 7) is 4.14. The first kappa shape index (κ1) is 17.7. The van der Waals surface area contributed by atoms with Gasteiger partial charge >= 0.3 is 0 Å². The molecule has 0 unspecified atom stereocenters. The highest BCUT2D eigenvalue weighted by atomic mass is 14.0. The van der Waals surface area contributed by atoms with Crippen molar-refractivity contribution < 1.29 is 0 Å². The highest BCUT2D eigenvalue weighted by Crippen LogP contribution is 2.14. The van der Waals surface area contributed by atoms with Crippen LogP contribution in [0.1, 0.15) is 40.3 Å². The summed E-state index contributed by atoms with van der Waals surface area (Å²) in [7, 11) is 0. The van der Waals surface area contributed by atoms with Gasteiger partial charge in [0.2, 0.25) is 0 Å². The van der Waals surface area contributed by atoms with Gasteiger partial charge in [0.25, 0.3) is 0 Å². The summed E-state index contributed by atoms with van der Waals surface area (Å²) >= 11 is 0. The lowest BCUT2D eigenvalue weighted by atomic mass is 10.1. The van der Waals surface area contributed by atoms with E-state index in [0.717, 1.165) is 0 Å². The van der Waals surface area contributed by atoms with E-state index < -0.39 is 0 Å². The van der Waals surface area contributed by atoms with Crippen molar-refractivity contribution in [3.05, 3.63) is 112 Å². The minimum atomic E-state index is 1.20. The Morgan fingerprint density at radius 1 is 0.423 bits per heavy atom. The van der Waals surface area contributed by atoms with Crippen LogP contribution in [-0.2, 0) is 0 Å². The van der Waals surface area contributed by atoms with Crippen LogP contribution < -0.4 is 0 Å². The minimum absolute atomic E-state index is 1.20. The Morgan fingerprint density at radius 3 is 1.00 bits per heavy atom. The van der Waals surface area contributed by atoms with Crippen LogP contribution in [0.3, 0.4) is 0 Å². The van der Waals surface area contributed by atoms with E-state index in [1.165, 1.54) is 33.4 Å². The monoisotopic (exact) mass is 336 g/mol. The molecule has 0 aliphatic carbocycles. The van der Waals surface area contributed by atoms with E-state index in [2.05, 4.69) is 116 Å². The van der Waals surface area contributed by atoms with Crippen LogP contribution in [0, 0.1) is 6.92 Å². The third kappa shape index (κ3) is 5.19. The average molecular weight is 336 g/mol. The Balaban J connectivity index is 1.64. The Hall–Kier alpha value is -3.12. The molecule has 0 atom stereocenters. The van der Waals surface area contributed by atoms with Crippen LogP contribution in [-0.4, -0.2) is 0 Å². The van der Waals surface area contributed by atoms with Gasteiger partial charge in [-0.1, -0.05) is 115 Å². The summed E-state index contributed by atoms with van der Waals surface area (Å²) in [5.74, 6) is 0. The smallest absolute Gasteiger partial charge is 0.0256 e. The third-order valence-corrected chi connectivity index (χ3v) is 4.25. The van der Waals surface area contributed by atoms with Gasteiger partial charge in [0, 0.05) is 0 Å². The summed E-state index contributed by atoms with van der Waals surface area (Å²) in [6.07, 6.45) is 12.8. The van der Waals surface area contributed by atoms with E-state index in [4.69, 9.17) is 0 Å². The maximum absolute atomic E-state index is 2.15. The molecule has 0 aliphatic heterocycles. The number of rotatable bonds is 5. The molecule has 0 bridgehead atoms. The first-order chi connectivity index (χ1) is 12.7. The van der Waals surface area contributed by atoms with Crippen molar-refractivity contribution in [2.75, 3.05) is 0 Å². The summed E-state index contributed by atoms with van der Waals surface area (Å²) in [6, 6.07) is 25.7. The zero-order valence-electron chi connectivity index (χ0n) is 15.4. The maximum Gasteiger partial charge on any atom is -0.0256 e. The quantitative estimate of drug-likeness (QED) is 0.427. The van der Waals surface area contributed by atoms with Gasteiger partial charge in [-0.25, -0.2) is 0 Å². The van der Waals surface area contributed by atoms with E-state index in [9.17, 15) is 0 Å². The molecule has 0 aromatic heterocycles. The fourth-order valence-corrected chi connectivity index (χ4v) is 2.69. The van der Waals surface area contributed by atoms with Crippen molar-refractivity contribution in [2.45, 2.75) is 13.8 Å². The molecule has 0 spiro atoms. The van der Waals surface area contributed by atoms with Crippen LogP contribution in [0.25, 0.3) is 30.4 Å². The molecule has 128 valence electrons. The highest BCUT2D eigenvalue weighted by molar-refractivity contribution is 5.73. The lowest BCUT2D eigenvalue weighted by Crippen LogP contribution is -1.77. The average Bonchev–Trinajstić information content (AvgIpc) is 2.68. The van der Waals surface area contributed by atoms with Gasteiger partial charge in [0.05, 0.1) is 0 Å². The molecule has 26 heavy (non-hydrogen) atoms. The summed E-state index contributed by atoms with van der Waals surface area (Å²) in [5.41, 5.74) is 7.36. The van der Waals surface area contributed by atoms with Crippen LogP contribution in [0.2, 0.25) is 0 Å². The Labute approximate surface area is 156 Å². The normalized spacial score (nSPS) is 11.8. The fraction of sp³-hybridized carbons (Fsp3) is 0.0769. The highest BCUT2D eigenvalue weighted by Gasteiger charge is 1.92. The zero-order chi connectivity index (χ0) is 18.2. The number of benzene rings is 3. The van der Waals surface area contributed by atoms with Crippen LogP contribution in [0.15, 0.2) is 78.9 Å². The largest absolute Gasteiger partial charge is 0.0871 e. The molecule has 0 amide bonds. The lowest BCUT2D eigenvalue weighted by Gasteiger charge is -1.99. The molecule has 0 nitrogen and oxygen atoms in total. The van der Waals surface area contributed by atoms with E-state index in [1.807, 2.05) is 6.92 Å². The molecule has 0 N–H and O–H groups in total. The molecule has 0 radical (unpaired) electrons. The topological polar surface area (TPSA) is 0 Å².